The highest BCUT2D eigenvalue weighted by molar-refractivity contribution is 5.78. The van der Waals surface area contributed by atoms with Gasteiger partial charge in [-0.05, 0) is 99.7 Å². The van der Waals surface area contributed by atoms with Crippen molar-refractivity contribution >= 4 is 11.6 Å². The monoisotopic (exact) mass is 416 g/mol. The van der Waals surface area contributed by atoms with Crippen LogP contribution in [0.15, 0.2) is 0 Å². The molecule has 4 fully saturated rings. The number of ketones is 2. The number of hydrogen-bond donors (Lipinski definition) is 0. The highest BCUT2D eigenvalue weighted by Gasteiger charge is 2.42. The first kappa shape index (κ1) is 24.0. The Morgan fingerprint density at radius 3 is 1.20 bits per heavy atom. The van der Waals surface area contributed by atoms with Gasteiger partial charge in [0.25, 0.3) is 0 Å². The summed E-state index contributed by atoms with van der Waals surface area (Å²) >= 11 is 0. The Balaban J connectivity index is 0.000000171. The molecule has 0 aliphatic heterocycles. The lowest BCUT2D eigenvalue weighted by Crippen LogP contribution is -2.39. The minimum Gasteiger partial charge on any atom is -0.300 e. The van der Waals surface area contributed by atoms with Crippen molar-refractivity contribution in [2.45, 2.75) is 106 Å². The third kappa shape index (κ3) is 5.39. The van der Waals surface area contributed by atoms with Crippen LogP contribution >= 0.6 is 0 Å². The molecular formula is C28H48O2. The van der Waals surface area contributed by atoms with Gasteiger partial charge < -0.3 is 0 Å². The maximum Gasteiger partial charge on any atom is 0.132 e. The smallest absolute Gasteiger partial charge is 0.132 e. The lowest BCUT2D eigenvalue weighted by Gasteiger charge is -2.46. The van der Waals surface area contributed by atoms with Crippen LogP contribution < -0.4 is 0 Å². The first-order valence-corrected chi connectivity index (χ1v) is 13.2. The fourth-order valence-electron chi connectivity index (χ4n) is 8.04. The largest absolute Gasteiger partial charge is 0.300 e. The zero-order valence-electron chi connectivity index (χ0n) is 20.7. The van der Waals surface area contributed by atoms with Crippen LogP contribution in [0.3, 0.4) is 0 Å². The van der Waals surface area contributed by atoms with Gasteiger partial charge in [-0.3, -0.25) is 9.59 Å². The summed E-state index contributed by atoms with van der Waals surface area (Å²) in [6.45, 7) is 13.1. The van der Waals surface area contributed by atoms with Crippen LogP contribution in [0.4, 0.5) is 0 Å². The van der Waals surface area contributed by atoms with Crippen molar-refractivity contribution in [2.24, 2.45) is 59.2 Å². The van der Waals surface area contributed by atoms with Gasteiger partial charge in [0.15, 0.2) is 0 Å². The SMILES string of the molecule is CC(=O)[C@@H]1CC2C(CCC[C@@H]2C)[C@@H](C)C1.CC(=O)[C@H]1CC2C(CCC[C@@H]2C)[C@@H](C)C1. The van der Waals surface area contributed by atoms with E-state index in [0.29, 0.717) is 23.4 Å². The summed E-state index contributed by atoms with van der Waals surface area (Å²) in [6.07, 6.45) is 13.1. The number of Topliss-reactive ketones (excluding diaryl/α,β-unsaturated/α-hetero) is 2. The molecule has 4 saturated carbocycles. The first-order valence-electron chi connectivity index (χ1n) is 13.2. The van der Waals surface area contributed by atoms with Gasteiger partial charge in [-0.1, -0.05) is 53.4 Å². The second-order valence-corrected chi connectivity index (χ2v) is 12.0. The standard InChI is InChI=1S/2C14H24O/c2*1-9-5-4-6-13-10(2)7-12(11(3)15)8-14(9)13/h2*9-10,12-14H,4-8H2,1-3H3/t9-,10-,12+,13?,14?;9-,10-,12-,13?,14?/m00/s1. The van der Waals surface area contributed by atoms with Crippen molar-refractivity contribution in [3.05, 3.63) is 0 Å². The molecule has 0 saturated heterocycles. The van der Waals surface area contributed by atoms with Gasteiger partial charge in [-0.25, -0.2) is 0 Å². The summed E-state index contributed by atoms with van der Waals surface area (Å²) in [4.78, 5) is 23.1. The molecule has 0 spiro atoms. The number of carbonyl (C=O) groups excluding carboxylic acids is 2. The summed E-state index contributed by atoms with van der Waals surface area (Å²) in [5.41, 5.74) is 0. The van der Waals surface area contributed by atoms with Crippen molar-refractivity contribution in [3.8, 4) is 0 Å². The highest BCUT2D eigenvalue weighted by atomic mass is 16.1. The lowest BCUT2D eigenvalue weighted by molar-refractivity contribution is -0.125. The van der Waals surface area contributed by atoms with Crippen molar-refractivity contribution in [2.75, 3.05) is 0 Å². The molecule has 2 nitrogen and oxygen atoms in total. The highest BCUT2D eigenvalue weighted by Crippen LogP contribution is 2.49. The molecular weight excluding hydrogens is 368 g/mol. The molecule has 172 valence electrons. The maximum atomic E-state index is 11.5. The second-order valence-electron chi connectivity index (χ2n) is 12.0. The average Bonchev–Trinajstić information content (AvgIpc) is 2.69. The van der Waals surface area contributed by atoms with E-state index < -0.39 is 0 Å². The fourth-order valence-corrected chi connectivity index (χ4v) is 8.04. The molecule has 0 aromatic rings. The number of rotatable bonds is 2. The van der Waals surface area contributed by atoms with Crippen LogP contribution in [0.1, 0.15) is 106 Å². The van der Waals surface area contributed by atoms with Gasteiger partial charge >= 0.3 is 0 Å². The number of fused-ring (bicyclic) bond motifs is 2. The minimum atomic E-state index is 0.377. The summed E-state index contributed by atoms with van der Waals surface area (Å²) < 4.78 is 0. The van der Waals surface area contributed by atoms with Gasteiger partial charge in [0, 0.05) is 11.8 Å². The Morgan fingerprint density at radius 2 is 0.867 bits per heavy atom. The Hall–Kier alpha value is -0.660. The topological polar surface area (TPSA) is 34.1 Å². The predicted molar refractivity (Wildman–Crippen MR) is 125 cm³/mol. The third-order valence-electron chi connectivity index (χ3n) is 9.99. The van der Waals surface area contributed by atoms with Gasteiger partial charge in [-0.2, -0.15) is 0 Å². The van der Waals surface area contributed by atoms with Crippen molar-refractivity contribution < 1.29 is 9.59 Å². The summed E-state index contributed by atoms with van der Waals surface area (Å²) in [5.74, 6) is 8.41. The molecule has 0 heterocycles. The molecule has 30 heavy (non-hydrogen) atoms. The average molecular weight is 417 g/mol. The zero-order valence-corrected chi connectivity index (χ0v) is 20.7. The molecule has 0 radical (unpaired) electrons. The van der Waals surface area contributed by atoms with E-state index in [1.54, 1.807) is 13.8 Å². The molecule has 0 aromatic heterocycles. The van der Waals surface area contributed by atoms with E-state index in [2.05, 4.69) is 27.7 Å². The van der Waals surface area contributed by atoms with E-state index in [-0.39, 0.29) is 0 Å². The Morgan fingerprint density at radius 1 is 0.500 bits per heavy atom. The van der Waals surface area contributed by atoms with E-state index in [9.17, 15) is 9.59 Å². The van der Waals surface area contributed by atoms with Gasteiger partial charge in [0.1, 0.15) is 11.6 Å². The lowest BCUT2D eigenvalue weighted by atomic mass is 9.59. The van der Waals surface area contributed by atoms with Crippen LogP contribution in [-0.2, 0) is 9.59 Å². The maximum absolute atomic E-state index is 11.5. The number of hydrogen-bond acceptors (Lipinski definition) is 2. The van der Waals surface area contributed by atoms with Gasteiger partial charge in [-0.15, -0.1) is 0 Å². The number of carbonyl (C=O) groups is 2. The third-order valence-corrected chi connectivity index (χ3v) is 9.99. The van der Waals surface area contributed by atoms with Crippen LogP contribution in [0.5, 0.6) is 0 Å². The van der Waals surface area contributed by atoms with Crippen LogP contribution in [0, 0.1) is 59.2 Å². The van der Waals surface area contributed by atoms with Crippen LogP contribution in [0.2, 0.25) is 0 Å². The van der Waals surface area contributed by atoms with E-state index in [1.165, 1.54) is 51.4 Å². The zero-order chi connectivity index (χ0) is 22.0. The van der Waals surface area contributed by atoms with E-state index >= 15 is 0 Å². The predicted octanol–water partition coefficient (Wildman–Crippen LogP) is 7.35. The minimum absolute atomic E-state index is 0.377. The molecule has 0 bridgehead atoms. The Labute approximate surface area is 186 Å². The molecule has 4 aliphatic carbocycles. The van der Waals surface area contributed by atoms with Crippen molar-refractivity contribution in [1.82, 2.24) is 0 Å². The quantitative estimate of drug-likeness (QED) is 0.471. The van der Waals surface area contributed by atoms with Gasteiger partial charge in [0.2, 0.25) is 0 Å². The van der Waals surface area contributed by atoms with Crippen LogP contribution in [-0.4, -0.2) is 11.6 Å². The Bertz CT molecular complexity index is 543. The van der Waals surface area contributed by atoms with Crippen molar-refractivity contribution in [3.63, 3.8) is 0 Å². The summed E-state index contributed by atoms with van der Waals surface area (Å²) in [5, 5.41) is 0. The molecule has 0 aromatic carbocycles. The van der Waals surface area contributed by atoms with Crippen LogP contribution in [0.25, 0.3) is 0 Å². The van der Waals surface area contributed by atoms with E-state index in [1.807, 2.05) is 0 Å². The van der Waals surface area contributed by atoms with Gasteiger partial charge in [0.05, 0.1) is 0 Å². The molecule has 4 rings (SSSR count). The van der Waals surface area contributed by atoms with E-state index in [4.69, 9.17) is 0 Å². The second kappa shape index (κ2) is 10.3. The molecule has 0 amide bonds. The molecule has 10 atom stereocenters. The van der Waals surface area contributed by atoms with E-state index in [0.717, 1.165) is 60.2 Å². The summed E-state index contributed by atoms with van der Waals surface area (Å²) in [6, 6.07) is 0. The normalized spacial score (nSPS) is 45.9. The Kier molecular flexibility index (Phi) is 8.24. The molecule has 4 aliphatic rings. The fraction of sp³-hybridized carbons (Fsp3) is 0.929. The molecule has 0 N–H and O–H groups in total. The summed E-state index contributed by atoms with van der Waals surface area (Å²) in [7, 11) is 0. The first-order chi connectivity index (χ1) is 14.2. The van der Waals surface area contributed by atoms with Crippen molar-refractivity contribution in [1.29, 1.82) is 0 Å². The molecule has 4 unspecified atom stereocenters. The molecule has 2 heteroatoms.